The van der Waals surface area contributed by atoms with Gasteiger partial charge in [0.1, 0.15) is 0 Å². The molecule has 1 fully saturated rings. The van der Waals surface area contributed by atoms with Crippen molar-refractivity contribution >= 4 is 23.5 Å². The molecule has 0 saturated carbocycles. The third-order valence-corrected chi connectivity index (χ3v) is 5.15. The van der Waals surface area contributed by atoms with Gasteiger partial charge in [0.2, 0.25) is 5.91 Å². The van der Waals surface area contributed by atoms with Crippen LogP contribution in [0.4, 0.5) is 5.69 Å². The predicted octanol–water partition coefficient (Wildman–Crippen LogP) is 2.80. The number of anilines is 1. The van der Waals surface area contributed by atoms with E-state index in [0.717, 1.165) is 23.2 Å². The van der Waals surface area contributed by atoms with Gasteiger partial charge < -0.3 is 14.5 Å². The zero-order valence-electron chi connectivity index (χ0n) is 16.8. The molecule has 0 aromatic heterocycles. The summed E-state index contributed by atoms with van der Waals surface area (Å²) in [5.74, 6) is -1.43. The Balaban J connectivity index is 1.53. The number of carbonyl (C=O) groups is 3. The lowest BCUT2D eigenvalue weighted by atomic mass is 10.1. The number of likely N-dealkylation sites (N-methyl/N-ethyl adjacent to an activating group) is 1. The molecule has 1 heterocycles. The van der Waals surface area contributed by atoms with Crippen LogP contribution in [0, 0.1) is 5.92 Å². The van der Waals surface area contributed by atoms with Crippen LogP contribution < -0.4 is 4.90 Å². The first kappa shape index (κ1) is 20.6. The number of aryl methyl sites for hydroxylation is 1. The Kier molecular flexibility index (Phi) is 6.65. The normalized spacial score (nSPS) is 16.0. The van der Waals surface area contributed by atoms with Crippen LogP contribution in [0.5, 0.6) is 0 Å². The van der Waals surface area contributed by atoms with Crippen LogP contribution in [0.2, 0.25) is 0 Å². The van der Waals surface area contributed by atoms with Crippen molar-refractivity contribution in [3.63, 3.8) is 0 Å². The number of carbonyl (C=O) groups excluding carboxylic acids is 3. The van der Waals surface area contributed by atoms with E-state index in [2.05, 4.69) is 0 Å². The molecule has 2 amide bonds. The molecule has 0 aliphatic carbocycles. The van der Waals surface area contributed by atoms with E-state index in [1.165, 1.54) is 4.90 Å². The average molecular weight is 394 g/mol. The summed E-state index contributed by atoms with van der Waals surface area (Å²) in [6.45, 7) is 2.44. The molecule has 29 heavy (non-hydrogen) atoms. The molecule has 1 aliphatic heterocycles. The Morgan fingerprint density at radius 1 is 1.10 bits per heavy atom. The number of rotatable bonds is 7. The first-order valence-corrected chi connectivity index (χ1v) is 9.82. The minimum absolute atomic E-state index is 0.0969. The van der Waals surface area contributed by atoms with Gasteiger partial charge in [0.15, 0.2) is 6.61 Å². The van der Waals surface area contributed by atoms with Crippen molar-refractivity contribution in [2.45, 2.75) is 26.3 Å². The molecule has 1 atom stereocenters. The van der Waals surface area contributed by atoms with Gasteiger partial charge in [-0.2, -0.15) is 0 Å². The highest BCUT2D eigenvalue weighted by atomic mass is 16.5. The number of hydrogen-bond donors (Lipinski definition) is 0. The summed E-state index contributed by atoms with van der Waals surface area (Å²) in [4.78, 5) is 40.3. The Hall–Kier alpha value is -3.15. The fraction of sp³-hybridized carbons (Fsp3) is 0.348. The Labute approximate surface area is 171 Å². The highest BCUT2D eigenvalue weighted by molar-refractivity contribution is 6.00. The third-order valence-electron chi connectivity index (χ3n) is 5.15. The maximum absolute atomic E-state index is 12.5. The van der Waals surface area contributed by atoms with E-state index >= 15 is 0 Å². The van der Waals surface area contributed by atoms with E-state index in [1.54, 1.807) is 11.9 Å². The van der Waals surface area contributed by atoms with E-state index < -0.39 is 11.9 Å². The second-order valence-electron chi connectivity index (χ2n) is 7.23. The van der Waals surface area contributed by atoms with Crippen molar-refractivity contribution in [3.05, 3.63) is 65.7 Å². The van der Waals surface area contributed by atoms with Gasteiger partial charge in [0, 0.05) is 32.2 Å². The van der Waals surface area contributed by atoms with Gasteiger partial charge in [0.05, 0.1) is 5.92 Å². The molecule has 2 aromatic carbocycles. The van der Waals surface area contributed by atoms with Gasteiger partial charge >= 0.3 is 5.97 Å². The molecule has 6 heteroatoms. The number of benzene rings is 2. The zero-order valence-corrected chi connectivity index (χ0v) is 16.8. The second kappa shape index (κ2) is 9.37. The van der Waals surface area contributed by atoms with E-state index in [0.29, 0.717) is 6.54 Å². The molecule has 0 N–H and O–H groups in total. The molecule has 6 nitrogen and oxygen atoms in total. The number of amides is 2. The highest BCUT2D eigenvalue weighted by Crippen LogP contribution is 2.29. The minimum Gasteiger partial charge on any atom is -0.455 e. The van der Waals surface area contributed by atoms with Crippen molar-refractivity contribution in [1.29, 1.82) is 0 Å². The molecule has 0 radical (unpaired) electrons. The number of para-hydroxylation sites is 1. The van der Waals surface area contributed by atoms with Crippen molar-refractivity contribution in [2.24, 2.45) is 5.92 Å². The van der Waals surface area contributed by atoms with Crippen LogP contribution in [0.25, 0.3) is 0 Å². The largest absolute Gasteiger partial charge is 0.455 e. The van der Waals surface area contributed by atoms with Crippen LogP contribution in [0.3, 0.4) is 0 Å². The molecule has 152 valence electrons. The zero-order chi connectivity index (χ0) is 20.8. The number of ether oxygens (including phenoxy) is 1. The Morgan fingerprint density at radius 2 is 1.79 bits per heavy atom. The molecule has 1 aliphatic rings. The lowest BCUT2D eigenvalue weighted by Gasteiger charge is -2.20. The molecule has 3 rings (SSSR count). The smallest absolute Gasteiger partial charge is 0.311 e. The number of hydrogen-bond acceptors (Lipinski definition) is 4. The van der Waals surface area contributed by atoms with Gasteiger partial charge in [-0.1, -0.05) is 55.5 Å². The lowest BCUT2D eigenvalue weighted by Crippen LogP contribution is -2.32. The monoisotopic (exact) mass is 394 g/mol. The summed E-state index contributed by atoms with van der Waals surface area (Å²) in [5, 5.41) is 0. The molecule has 0 unspecified atom stereocenters. The maximum atomic E-state index is 12.5. The van der Waals surface area contributed by atoms with Gasteiger partial charge in [-0.3, -0.25) is 14.4 Å². The fourth-order valence-corrected chi connectivity index (χ4v) is 3.48. The highest BCUT2D eigenvalue weighted by Gasteiger charge is 2.37. The molecular weight excluding hydrogens is 368 g/mol. The molecular formula is C23H26N2O4. The summed E-state index contributed by atoms with van der Waals surface area (Å²) in [6.07, 6.45) is 0.905. The summed E-state index contributed by atoms with van der Waals surface area (Å²) in [7, 11) is 1.67. The Morgan fingerprint density at radius 3 is 2.52 bits per heavy atom. The van der Waals surface area contributed by atoms with Crippen LogP contribution in [0.1, 0.15) is 24.5 Å². The SMILES string of the molecule is CCc1ccccc1N1C[C@H](C(=O)OCC(=O)N(C)Cc2ccccc2)CC1=O. The Bertz CT molecular complexity index is 881. The van der Waals surface area contributed by atoms with E-state index in [1.807, 2.05) is 61.5 Å². The first-order chi connectivity index (χ1) is 14.0. The van der Waals surface area contributed by atoms with Crippen molar-refractivity contribution in [3.8, 4) is 0 Å². The molecule has 2 aromatic rings. The molecule has 1 saturated heterocycles. The summed E-state index contributed by atoms with van der Waals surface area (Å²) in [6, 6.07) is 17.3. The van der Waals surface area contributed by atoms with E-state index in [9.17, 15) is 14.4 Å². The summed E-state index contributed by atoms with van der Waals surface area (Å²) < 4.78 is 5.23. The third kappa shape index (κ3) is 5.02. The standard InChI is InChI=1S/C23H26N2O4/c1-3-18-11-7-8-12-20(18)25-15-19(13-21(25)26)23(28)29-16-22(27)24(2)14-17-9-5-4-6-10-17/h4-12,19H,3,13-16H2,1-2H3/t19-/m1/s1. The van der Waals surface area contributed by atoms with Crippen LogP contribution >= 0.6 is 0 Å². The molecule has 0 spiro atoms. The average Bonchev–Trinajstić information content (AvgIpc) is 3.13. The van der Waals surface area contributed by atoms with Crippen molar-refractivity contribution < 1.29 is 19.1 Å². The number of nitrogens with zero attached hydrogens (tertiary/aromatic N) is 2. The van der Waals surface area contributed by atoms with Crippen LogP contribution in [0.15, 0.2) is 54.6 Å². The van der Waals surface area contributed by atoms with E-state index in [-0.39, 0.29) is 31.4 Å². The van der Waals surface area contributed by atoms with Gasteiger partial charge in [0.25, 0.3) is 5.91 Å². The van der Waals surface area contributed by atoms with Gasteiger partial charge in [-0.05, 0) is 23.6 Å². The topological polar surface area (TPSA) is 66.9 Å². The fourth-order valence-electron chi connectivity index (χ4n) is 3.48. The summed E-state index contributed by atoms with van der Waals surface area (Å²) in [5.41, 5.74) is 2.91. The minimum atomic E-state index is -0.556. The first-order valence-electron chi connectivity index (χ1n) is 9.82. The quantitative estimate of drug-likeness (QED) is 0.678. The predicted molar refractivity (Wildman–Crippen MR) is 110 cm³/mol. The van der Waals surface area contributed by atoms with Crippen molar-refractivity contribution in [2.75, 3.05) is 25.1 Å². The van der Waals surface area contributed by atoms with Crippen LogP contribution in [-0.2, 0) is 32.1 Å². The van der Waals surface area contributed by atoms with E-state index in [4.69, 9.17) is 4.74 Å². The summed E-state index contributed by atoms with van der Waals surface area (Å²) >= 11 is 0. The van der Waals surface area contributed by atoms with Crippen LogP contribution in [-0.4, -0.2) is 42.9 Å². The van der Waals surface area contributed by atoms with Gasteiger partial charge in [-0.25, -0.2) is 0 Å². The second-order valence-corrected chi connectivity index (χ2v) is 7.23. The van der Waals surface area contributed by atoms with Crippen molar-refractivity contribution in [1.82, 2.24) is 4.90 Å². The lowest BCUT2D eigenvalue weighted by molar-refractivity contribution is -0.155. The van der Waals surface area contributed by atoms with Gasteiger partial charge in [-0.15, -0.1) is 0 Å². The maximum Gasteiger partial charge on any atom is 0.311 e. The number of esters is 1. The molecule has 0 bridgehead atoms.